The van der Waals surface area contributed by atoms with Crippen LogP contribution in [0.5, 0.6) is 0 Å². The average molecular weight is 504 g/mol. The molecular weight excluding hydrogens is 482 g/mol. The number of carbonyl (C=O) groups excluding carboxylic acids is 4. The van der Waals surface area contributed by atoms with Crippen molar-refractivity contribution in [3.8, 4) is 0 Å². The van der Waals surface area contributed by atoms with E-state index in [1.54, 1.807) is 24.3 Å². The second kappa shape index (κ2) is 10.5. The number of hydrogen-bond acceptors (Lipinski definition) is 6. The first-order chi connectivity index (χ1) is 17.3. The molecule has 0 fully saturated rings. The van der Waals surface area contributed by atoms with Crippen molar-refractivity contribution in [1.29, 1.82) is 0 Å². The molecule has 3 aromatic rings. The van der Waals surface area contributed by atoms with Crippen molar-refractivity contribution in [3.05, 3.63) is 100 Å². The van der Waals surface area contributed by atoms with Crippen molar-refractivity contribution < 1.29 is 23.9 Å². The maximum atomic E-state index is 13.0. The van der Waals surface area contributed by atoms with Gasteiger partial charge >= 0.3 is 5.97 Å². The number of methoxy groups -OCH3 is 1. The molecule has 4 rings (SSSR count). The zero-order valence-corrected chi connectivity index (χ0v) is 20.3. The van der Waals surface area contributed by atoms with Gasteiger partial charge in [0.25, 0.3) is 17.7 Å². The van der Waals surface area contributed by atoms with E-state index >= 15 is 0 Å². The van der Waals surface area contributed by atoms with Crippen LogP contribution in [0.1, 0.15) is 33.2 Å². The van der Waals surface area contributed by atoms with Gasteiger partial charge in [-0.3, -0.25) is 14.4 Å². The molecule has 182 valence electrons. The zero-order chi connectivity index (χ0) is 25.8. The van der Waals surface area contributed by atoms with E-state index in [0.29, 0.717) is 16.9 Å². The lowest BCUT2D eigenvalue weighted by Crippen LogP contribution is -2.32. The third-order valence-corrected chi connectivity index (χ3v) is 5.96. The molecule has 0 unspecified atom stereocenters. The van der Waals surface area contributed by atoms with Gasteiger partial charge < -0.3 is 15.4 Å². The predicted octanol–water partition coefficient (Wildman–Crippen LogP) is 4.72. The van der Waals surface area contributed by atoms with Crippen LogP contribution in [0, 0.1) is 0 Å². The van der Waals surface area contributed by atoms with E-state index in [1.165, 1.54) is 36.9 Å². The normalized spacial score (nSPS) is 13.1. The minimum Gasteiger partial charge on any atom is -0.465 e. The van der Waals surface area contributed by atoms with Gasteiger partial charge in [0.2, 0.25) is 0 Å². The molecule has 36 heavy (non-hydrogen) atoms. The highest BCUT2D eigenvalue weighted by Gasteiger charge is 2.39. The lowest BCUT2D eigenvalue weighted by Gasteiger charge is -2.15. The second-order valence-corrected chi connectivity index (χ2v) is 8.26. The monoisotopic (exact) mass is 503 g/mol. The number of ether oxygens (including phenoxy) is 1. The van der Waals surface area contributed by atoms with Crippen LogP contribution >= 0.6 is 11.6 Å². The van der Waals surface area contributed by atoms with Gasteiger partial charge in [0, 0.05) is 16.9 Å². The van der Waals surface area contributed by atoms with E-state index in [9.17, 15) is 19.2 Å². The molecular formula is C27H22ClN3O5. The van der Waals surface area contributed by atoms with Gasteiger partial charge in [0.15, 0.2) is 0 Å². The summed E-state index contributed by atoms with van der Waals surface area (Å²) in [5.74, 6) is -2.16. The molecule has 3 amide bonds. The molecule has 0 bridgehead atoms. The van der Waals surface area contributed by atoms with Crippen LogP contribution in [0.15, 0.2) is 83.5 Å². The summed E-state index contributed by atoms with van der Waals surface area (Å²) >= 11 is 6.18. The van der Waals surface area contributed by atoms with Gasteiger partial charge in [-0.15, -0.1) is 0 Å². The van der Waals surface area contributed by atoms with Crippen molar-refractivity contribution in [3.63, 3.8) is 0 Å². The molecule has 0 radical (unpaired) electrons. The Bertz CT molecular complexity index is 1360. The van der Waals surface area contributed by atoms with Gasteiger partial charge in [-0.2, -0.15) is 0 Å². The summed E-state index contributed by atoms with van der Waals surface area (Å²) in [6.45, 7) is 2.06. The Balaban J connectivity index is 1.45. The molecule has 0 aromatic heterocycles. The van der Waals surface area contributed by atoms with Crippen LogP contribution < -0.4 is 15.5 Å². The number of hydrogen-bond donors (Lipinski definition) is 2. The van der Waals surface area contributed by atoms with Crippen LogP contribution in [0.2, 0.25) is 0 Å². The average Bonchev–Trinajstić information content (AvgIpc) is 3.12. The number of benzene rings is 3. The van der Waals surface area contributed by atoms with Crippen LogP contribution in [0.25, 0.3) is 0 Å². The molecule has 9 heteroatoms. The number of aryl methyl sites for hydroxylation is 1. The number of rotatable bonds is 7. The Kier molecular flexibility index (Phi) is 7.17. The fraction of sp³-hybridized carbons (Fsp3) is 0.111. The van der Waals surface area contributed by atoms with Crippen molar-refractivity contribution in [2.45, 2.75) is 13.3 Å². The molecule has 0 atom stereocenters. The Labute approximate surface area is 212 Å². The molecule has 1 aliphatic heterocycles. The molecule has 0 spiro atoms. The summed E-state index contributed by atoms with van der Waals surface area (Å²) in [4.78, 5) is 50.8. The highest BCUT2D eigenvalue weighted by molar-refractivity contribution is 6.53. The van der Waals surface area contributed by atoms with E-state index in [2.05, 4.69) is 22.3 Å². The second-order valence-electron chi connectivity index (χ2n) is 7.88. The summed E-state index contributed by atoms with van der Waals surface area (Å²) in [6.07, 6.45) is 0.913. The third kappa shape index (κ3) is 4.99. The van der Waals surface area contributed by atoms with Crippen molar-refractivity contribution >= 4 is 52.4 Å². The van der Waals surface area contributed by atoms with E-state index in [-0.39, 0.29) is 27.9 Å². The number of halogens is 1. The Morgan fingerprint density at radius 1 is 0.833 bits per heavy atom. The van der Waals surface area contributed by atoms with Gasteiger partial charge in [-0.25, -0.2) is 9.69 Å². The summed E-state index contributed by atoms with van der Waals surface area (Å²) in [6, 6.07) is 19.8. The largest absolute Gasteiger partial charge is 0.465 e. The number of amides is 3. The minimum absolute atomic E-state index is 0.0908. The maximum absolute atomic E-state index is 13.0. The number of nitrogens with zero attached hydrogens (tertiary/aromatic N) is 1. The number of anilines is 3. The first-order valence-corrected chi connectivity index (χ1v) is 11.4. The van der Waals surface area contributed by atoms with E-state index in [1.807, 2.05) is 24.3 Å². The number of esters is 1. The lowest BCUT2D eigenvalue weighted by molar-refractivity contribution is -0.120. The fourth-order valence-electron chi connectivity index (χ4n) is 3.59. The van der Waals surface area contributed by atoms with E-state index in [0.717, 1.165) is 11.3 Å². The number of imide groups is 1. The van der Waals surface area contributed by atoms with Crippen LogP contribution in [-0.2, 0) is 20.7 Å². The SMILES string of the molecule is CCc1ccc(NC(=O)c2ccc(NC3=C(Cl)C(=O)N(c4ccc(C(=O)OC)cc4)C3=O)cc2)cc1. The topological polar surface area (TPSA) is 105 Å². The Morgan fingerprint density at radius 3 is 2.00 bits per heavy atom. The van der Waals surface area contributed by atoms with Gasteiger partial charge in [-0.1, -0.05) is 30.7 Å². The smallest absolute Gasteiger partial charge is 0.337 e. The molecule has 3 aromatic carbocycles. The zero-order valence-electron chi connectivity index (χ0n) is 19.5. The van der Waals surface area contributed by atoms with Gasteiger partial charge in [0.05, 0.1) is 18.4 Å². The standard InChI is InChI=1S/C27H22ClN3O5/c1-3-16-4-10-20(11-5-16)30-24(32)17-6-12-19(13-7-17)29-23-22(28)25(33)31(26(23)34)21-14-8-18(9-15-21)27(35)36-2/h4-15,29H,3H2,1-2H3,(H,30,32). The predicted molar refractivity (Wildman–Crippen MR) is 137 cm³/mol. The third-order valence-electron chi connectivity index (χ3n) is 5.61. The van der Waals surface area contributed by atoms with Crippen LogP contribution in [0.3, 0.4) is 0 Å². The molecule has 0 saturated carbocycles. The lowest BCUT2D eigenvalue weighted by atomic mass is 10.1. The summed E-state index contributed by atoms with van der Waals surface area (Å²) in [5.41, 5.74) is 3.19. The van der Waals surface area contributed by atoms with E-state index < -0.39 is 17.8 Å². The van der Waals surface area contributed by atoms with E-state index in [4.69, 9.17) is 11.6 Å². The molecule has 1 aliphatic rings. The maximum Gasteiger partial charge on any atom is 0.337 e. The van der Waals surface area contributed by atoms with Gasteiger partial charge in [0.1, 0.15) is 10.7 Å². The minimum atomic E-state index is -0.694. The molecule has 0 saturated heterocycles. The van der Waals surface area contributed by atoms with Crippen molar-refractivity contribution in [2.24, 2.45) is 0 Å². The highest BCUT2D eigenvalue weighted by atomic mass is 35.5. The molecule has 1 heterocycles. The number of carbonyl (C=O) groups is 4. The molecule has 0 aliphatic carbocycles. The van der Waals surface area contributed by atoms with Crippen LogP contribution in [0.4, 0.5) is 17.1 Å². The first kappa shape index (κ1) is 24.7. The number of nitrogens with one attached hydrogen (secondary N) is 2. The molecule has 2 N–H and O–H groups in total. The van der Waals surface area contributed by atoms with Crippen molar-refractivity contribution in [2.75, 3.05) is 22.6 Å². The Hall–Kier alpha value is -4.43. The fourth-order valence-corrected chi connectivity index (χ4v) is 3.80. The quantitative estimate of drug-likeness (QED) is 0.357. The van der Waals surface area contributed by atoms with Crippen molar-refractivity contribution in [1.82, 2.24) is 0 Å². The summed E-state index contributed by atoms with van der Waals surface area (Å²) in [7, 11) is 1.26. The molecule has 8 nitrogen and oxygen atoms in total. The summed E-state index contributed by atoms with van der Waals surface area (Å²) in [5, 5.41) is 5.43. The van der Waals surface area contributed by atoms with Crippen LogP contribution in [-0.4, -0.2) is 30.8 Å². The van der Waals surface area contributed by atoms with Gasteiger partial charge in [-0.05, 0) is 72.6 Å². The highest BCUT2D eigenvalue weighted by Crippen LogP contribution is 2.30. The summed E-state index contributed by atoms with van der Waals surface area (Å²) < 4.78 is 4.65. The Morgan fingerprint density at radius 2 is 1.42 bits per heavy atom. The first-order valence-electron chi connectivity index (χ1n) is 11.1.